The summed E-state index contributed by atoms with van der Waals surface area (Å²) in [5, 5.41) is 4.15. The van der Waals surface area contributed by atoms with Crippen molar-refractivity contribution in [3.05, 3.63) is 53.1 Å². The monoisotopic (exact) mass is 284 g/mol. The second kappa shape index (κ2) is 5.61. The lowest BCUT2D eigenvalue weighted by Crippen LogP contribution is -2.04. The van der Waals surface area contributed by atoms with E-state index < -0.39 is 0 Å². The second-order valence-electron chi connectivity index (χ2n) is 4.62. The van der Waals surface area contributed by atoms with E-state index >= 15 is 0 Å². The van der Waals surface area contributed by atoms with Gasteiger partial charge >= 0.3 is 0 Å². The zero-order valence-corrected chi connectivity index (χ0v) is 12.3. The summed E-state index contributed by atoms with van der Waals surface area (Å²) in [6.45, 7) is 2.85. The molecule has 0 aliphatic rings. The van der Waals surface area contributed by atoms with Gasteiger partial charge in [0, 0.05) is 17.0 Å². The number of rotatable bonds is 4. The molecule has 0 aliphatic carbocycles. The maximum absolute atomic E-state index is 5.56. The third-order valence-corrected chi connectivity index (χ3v) is 4.19. The number of hydrogen-bond acceptors (Lipinski definition) is 4. The minimum atomic E-state index is 0.807. The predicted octanol–water partition coefficient (Wildman–Crippen LogP) is 4.10. The minimum Gasteiger partial charge on any atom is -0.462 e. The van der Waals surface area contributed by atoms with Crippen molar-refractivity contribution in [2.75, 3.05) is 7.05 Å². The molecule has 0 spiro atoms. The van der Waals surface area contributed by atoms with Gasteiger partial charge in [0.15, 0.2) is 10.8 Å². The van der Waals surface area contributed by atoms with E-state index in [1.54, 1.807) is 17.6 Å². The molecule has 0 bridgehead atoms. The summed E-state index contributed by atoms with van der Waals surface area (Å²) in [7, 11) is 1.95. The van der Waals surface area contributed by atoms with Gasteiger partial charge in [-0.2, -0.15) is 0 Å². The summed E-state index contributed by atoms with van der Waals surface area (Å²) in [6.07, 6.45) is 1.71. The number of thiazole rings is 1. The zero-order chi connectivity index (χ0) is 13.9. The molecule has 1 N–H and O–H groups in total. The van der Waals surface area contributed by atoms with Crippen molar-refractivity contribution < 1.29 is 4.42 Å². The second-order valence-corrected chi connectivity index (χ2v) is 5.70. The Morgan fingerprint density at radius 2 is 2.00 bits per heavy atom. The van der Waals surface area contributed by atoms with Crippen LogP contribution in [0.3, 0.4) is 0 Å². The summed E-state index contributed by atoms with van der Waals surface area (Å²) in [4.78, 5) is 6.01. The number of aromatic nitrogens is 1. The fourth-order valence-electron chi connectivity index (χ4n) is 2.14. The Kier molecular flexibility index (Phi) is 3.67. The van der Waals surface area contributed by atoms with E-state index in [2.05, 4.69) is 17.4 Å². The number of nitrogens with one attached hydrogen (secondary N) is 1. The molecule has 2 aromatic heterocycles. The van der Waals surface area contributed by atoms with Gasteiger partial charge in [0.1, 0.15) is 0 Å². The molecule has 2 heterocycles. The Morgan fingerprint density at radius 1 is 1.20 bits per heavy atom. The lowest BCUT2D eigenvalue weighted by Gasteiger charge is -2.00. The SMILES string of the molecule is CNCc1sc(-c2occc2C)nc1-c1ccccc1. The van der Waals surface area contributed by atoms with Gasteiger partial charge in [0.25, 0.3) is 0 Å². The lowest BCUT2D eigenvalue weighted by molar-refractivity contribution is 0.580. The number of nitrogens with zero attached hydrogens (tertiary/aromatic N) is 1. The first-order valence-corrected chi connectivity index (χ1v) is 7.35. The van der Waals surface area contributed by atoms with Crippen LogP contribution in [0.4, 0.5) is 0 Å². The van der Waals surface area contributed by atoms with Crippen LogP contribution in [-0.2, 0) is 6.54 Å². The van der Waals surface area contributed by atoms with Crippen molar-refractivity contribution in [1.82, 2.24) is 10.3 Å². The van der Waals surface area contributed by atoms with Gasteiger partial charge in [0.2, 0.25) is 0 Å². The quantitative estimate of drug-likeness (QED) is 0.784. The van der Waals surface area contributed by atoms with Crippen LogP contribution in [0.25, 0.3) is 22.0 Å². The molecule has 3 aromatic rings. The topological polar surface area (TPSA) is 38.1 Å². The fourth-order valence-corrected chi connectivity index (χ4v) is 3.29. The first kappa shape index (κ1) is 13.1. The average molecular weight is 284 g/mol. The van der Waals surface area contributed by atoms with Gasteiger partial charge < -0.3 is 9.73 Å². The summed E-state index contributed by atoms with van der Waals surface area (Å²) in [5.74, 6) is 0.870. The summed E-state index contributed by atoms with van der Waals surface area (Å²) in [6, 6.07) is 12.2. The highest BCUT2D eigenvalue weighted by atomic mass is 32.1. The van der Waals surface area contributed by atoms with E-state index in [4.69, 9.17) is 9.40 Å². The number of benzene rings is 1. The maximum atomic E-state index is 5.56. The molecule has 0 radical (unpaired) electrons. The van der Waals surface area contributed by atoms with Crippen LogP contribution in [0, 0.1) is 6.92 Å². The average Bonchev–Trinajstić information content (AvgIpc) is 3.06. The smallest absolute Gasteiger partial charge is 0.165 e. The van der Waals surface area contributed by atoms with Gasteiger partial charge in [-0.05, 0) is 25.6 Å². The molecule has 0 aliphatic heterocycles. The normalized spacial score (nSPS) is 10.9. The standard InChI is InChI=1S/C16H16N2OS/c1-11-8-9-19-15(11)16-18-14(13(20-16)10-17-2)12-6-4-3-5-7-12/h3-9,17H,10H2,1-2H3. The molecule has 3 rings (SSSR count). The Bertz CT molecular complexity index is 700. The van der Waals surface area contributed by atoms with Gasteiger partial charge in [-0.3, -0.25) is 0 Å². The van der Waals surface area contributed by atoms with E-state index in [1.807, 2.05) is 38.2 Å². The van der Waals surface area contributed by atoms with Crippen molar-refractivity contribution in [3.8, 4) is 22.0 Å². The van der Waals surface area contributed by atoms with E-state index in [0.717, 1.165) is 34.1 Å². The molecule has 1 aromatic carbocycles. The largest absolute Gasteiger partial charge is 0.462 e. The Labute approximate surface area is 122 Å². The first-order chi connectivity index (χ1) is 9.79. The molecule has 0 saturated carbocycles. The molecule has 0 atom stereocenters. The van der Waals surface area contributed by atoms with E-state index in [-0.39, 0.29) is 0 Å². The van der Waals surface area contributed by atoms with Crippen molar-refractivity contribution in [3.63, 3.8) is 0 Å². The van der Waals surface area contributed by atoms with Gasteiger partial charge in [-0.25, -0.2) is 4.98 Å². The third kappa shape index (κ3) is 2.40. The van der Waals surface area contributed by atoms with Gasteiger partial charge in [0.05, 0.1) is 12.0 Å². The third-order valence-electron chi connectivity index (χ3n) is 3.14. The predicted molar refractivity (Wildman–Crippen MR) is 82.8 cm³/mol. The number of furan rings is 1. The van der Waals surface area contributed by atoms with Gasteiger partial charge in [-0.1, -0.05) is 30.3 Å². The van der Waals surface area contributed by atoms with Crippen molar-refractivity contribution in [1.29, 1.82) is 0 Å². The van der Waals surface area contributed by atoms with Crippen molar-refractivity contribution in [2.24, 2.45) is 0 Å². The molecule has 102 valence electrons. The van der Waals surface area contributed by atoms with Crippen LogP contribution in [-0.4, -0.2) is 12.0 Å². The number of hydrogen-bond donors (Lipinski definition) is 1. The molecule has 20 heavy (non-hydrogen) atoms. The van der Waals surface area contributed by atoms with Crippen molar-refractivity contribution in [2.45, 2.75) is 13.5 Å². The lowest BCUT2D eigenvalue weighted by atomic mass is 10.1. The van der Waals surface area contributed by atoms with E-state index in [1.165, 1.54) is 4.88 Å². The fraction of sp³-hybridized carbons (Fsp3) is 0.188. The molecular weight excluding hydrogens is 268 g/mol. The summed E-state index contributed by atoms with van der Waals surface area (Å²) in [5.41, 5.74) is 3.30. The van der Waals surface area contributed by atoms with Crippen LogP contribution in [0.15, 0.2) is 47.1 Å². The summed E-state index contributed by atoms with van der Waals surface area (Å²) >= 11 is 1.68. The highest BCUT2D eigenvalue weighted by Gasteiger charge is 2.16. The van der Waals surface area contributed by atoms with Crippen LogP contribution in [0.1, 0.15) is 10.4 Å². The maximum Gasteiger partial charge on any atom is 0.165 e. The minimum absolute atomic E-state index is 0.807. The molecular formula is C16H16N2OS. The Morgan fingerprint density at radius 3 is 2.65 bits per heavy atom. The van der Waals surface area contributed by atoms with Crippen LogP contribution < -0.4 is 5.32 Å². The molecule has 0 fully saturated rings. The molecule has 0 amide bonds. The van der Waals surface area contributed by atoms with Crippen LogP contribution in [0.5, 0.6) is 0 Å². The number of aryl methyl sites for hydroxylation is 1. The van der Waals surface area contributed by atoms with E-state index in [9.17, 15) is 0 Å². The highest BCUT2D eigenvalue weighted by Crippen LogP contribution is 2.35. The molecule has 0 unspecified atom stereocenters. The van der Waals surface area contributed by atoms with Crippen molar-refractivity contribution >= 4 is 11.3 Å². The van der Waals surface area contributed by atoms with Gasteiger partial charge in [-0.15, -0.1) is 11.3 Å². The Balaban J connectivity index is 2.10. The zero-order valence-electron chi connectivity index (χ0n) is 11.5. The first-order valence-electron chi connectivity index (χ1n) is 6.54. The molecule has 0 saturated heterocycles. The van der Waals surface area contributed by atoms with E-state index in [0.29, 0.717) is 0 Å². The molecule has 3 nitrogen and oxygen atoms in total. The van der Waals surface area contributed by atoms with Crippen LogP contribution in [0.2, 0.25) is 0 Å². The van der Waals surface area contributed by atoms with Crippen LogP contribution >= 0.6 is 11.3 Å². The highest BCUT2D eigenvalue weighted by molar-refractivity contribution is 7.15. The summed E-state index contributed by atoms with van der Waals surface area (Å²) < 4.78 is 5.56. The Hall–Kier alpha value is -1.91. The molecule has 4 heteroatoms.